The van der Waals surface area contributed by atoms with Crippen LogP contribution in [0.2, 0.25) is 0 Å². The van der Waals surface area contributed by atoms with Gasteiger partial charge in [0.15, 0.2) is 0 Å². The second-order valence-electron chi connectivity index (χ2n) is 5.19. The molecule has 0 unspecified atom stereocenters. The largest absolute Gasteiger partial charge is 0.375 e. The quantitative estimate of drug-likeness (QED) is 0.833. The molecular formula is C14H19NO3S. The van der Waals surface area contributed by atoms with Gasteiger partial charge in [0.2, 0.25) is 10.0 Å². The van der Waals surface area contributed by atoms with E-state index in [4.69, 9.17) is 4.74 Å². The molecule has 3 rings (SSSR count). The summed E-state index contributed by atoms with van der Waals surface area (Å²) in [7, 11) is -3.38. The van der Waals surface area contributed by atoms with E-state index >= 15 is 0 Å². The number of sulfonamides is 1. The van der Waals surface area contributed by atoms with Crippen molar-refractivity contribution < 1.29 is 13.2 Å². The van der Waals surface area contributed by atoms with Crippen molar-refractivity contribution in [2.45, 2.75) is 42.7 Å². The zero-order valence-corrected chi connectivity index (χ0v) is 11.7. The lowest BCUT2D eigenvalue weighted by atomic mass is 9.91. The fourth-order valence-electron chi connectivity index (χ4n) is 3.09. The number of rotatable bonds is 2. The second kappa shape index (κ2) is 5.23. The predicted octanol–water partition coefficient (Wildman–Crippen LogP) is 2.02. The van der Waals surface area contributed by atoms with Gasteiger partial charge in [0.25, 0.3) is 0 Å². The van der Waals surface area contributed by atoms with E-state index in [0.717, 1.165) is 25.7 Å². The summed E-state index contributed by atoms with van der Waals surface area (Å²) in [5.74, 6) is 0. The first-order valence-electron chi connectivity index (χ1n) is 6.88. The molecule has 1 heterocycles. The first kappa shape index (κ1) is 13.1. The van der Waals surface area contributed by atoms with E-state index < -0.39 is 10.0 Å². The molecule has 1 aliphatic heterocycles. The SMILES string of the molecule is O=S(=O)(c1ccccc1)N1CCO[C@H]2CCCC[C@@H]21. The van der Waals surface area contributed by atoms with Gasteiger partial charge in [-0.3, -0.25) is 0 Å². The highest BCUT2D eigenvalue weighted by Gasteiger charge is 2.40. The van der Waals surface area contributed by atoms with E-state index in [0.29, 0.717) is 18.0 Å². The molecule has 1 saturated carbocycles. The Hall–Kier alpha value is -0.910. The number of benzene rings is 1. The third-order valence-corrected chi connectivity index (χ3v) is 5.97. The van der Waals surface area contributed by atoms with Gasteiger partial charge in [-0.1, -0.05) is 31.0 Å². The minimum absolute atomic E-state index is 0.0210. The Morgan fingerprint density at radius 1 is 1.11 bits per heavy atom. The van der Waals surface area contributed by atoms with Crippen LogP contribution in [0.15, 0.2) is 35.2 Å². The predicted molar refractivity (Wildman–Crippen MR) is 72.3 cm³/mol. The Bertz CT molecular complexity index is 527. The highest BCUT2D eigenvalue weighted by molar-refractivity contribution is 7.89. The molecule has 1 aromatic carbocycles. The molecular weight excluding hydrogens is 262 g/mol. The van der Waals surface area contributed by atoms with Crippen molar-refractivity contribution in [3.8, 4) is 0 Å². The molecule has 0 aromatic heterocycles. The van der Waals surface area contributed by atoms with E-state index in [1.165, 1.54) is 0 Å². The zero-order valence-electron chi connectivity index (χ0n) is 10.9. The van der Waals surface area contributed by atoms with Gasteiger partial charge in [-0.25, -0.2) is 8.42 Å². The van der Waals surface area contributed by atoms with E-state index in [2.05, 4.69) is 0 Å². The Morgan fingerprint density at radius 2 is 1.84 bits per heavy atom. The lowest BCUT2D eigenvalue weighted by Crippen LogP contribution is -2.54. The van der Waals surface area contributed by atoms with E-state index in [1.807, 2.05) is 6.07 Å². The number of ether oxygens (including phenoxy) is 1. The van der Waals surface area contributed by atoms with Crippen LogP contribution in [0.1, 0.15) is 25.7 Å². The van der Waals surface area contributed by atoms with Gasteiger partial charge in [-0.2, -0.15) is 4.31 Å². The van der Waals surface area contributed by atoms with Gasteiger partial charge in [0.1, 0.15) is 0 Å². The molecule has 2 aliphatic rings. The third-order valence-electron chi connectivity index (χ3n) is 4.03. The molecule has 5 heteroatoms. The maximum atomic E-state index is 12.7. The van der Waals surface area contributed by atoms with Gasteiger partial charge >= 0.3 is 0 Å². The van der Waals surface area contributed by atoms with Crippen LogP contribution < -0.4 is 0 Å². The molecule has 1 aromatic rings. The minimum atomic E-state index is -3.38. The van der Waals surface area contributed by atoms with Crippen molar-refractivity contribution in [1.82, 2.24) is 4.31 Å². The fraction of sp³-hybridized carbons (Fsp3) is 0.571. The molecule has 2 atom stereocenters. The van der Waals surface area contributed by atoms with Crippen LogP contribution in [-0.2, 0) is 14.8 Å². The number of morpholine rings is 1. The summed E-state index contributed by atoms with van der Waals surface area (Å²) in [6, 6.07) is 8.73. The Labute approximate surface area is 114 Å². The average Bonchev–Trinajstić information content (AvgIpc) is 2.47. The molecule has 2 fully saturated rings. The normalized spacial score (nSPS) is 28.8. The van der Waals surface area contributed by atoms with Crippen LogP contribution in [0.3, 0.4) is 0 Å². The molecule has 0 bridgehead atoms. The fourth-order valence-corrected chi connectivity index (χ4v) is 4.77. The van der Waals surface area contributed by atoms with Crippen LogP contribution >= 0.6 is 0 Å². The highest BCUT2D eigenvalue weighted by Crippen LogP contribution is 2.32. The Kier molecular flexibility index (Phi) is 3.60. The topological polar surface area (TPSA) is 46.6 Å². The highest BCUT2D eigenvalue weighted by atomic mass is 32.2. The number of nitrogens with zero attached hydrogens (tertiary/aromatic N) is 1. The molecule has 19 heavy (non-hydrogen) atoms. The standard InChI is InChI=1S/C14H19NO3S/c16-19(17,12-6-2-1-3-7-12)15-10-11-18-14-9-5-4-8-13(14)15/h1-3,6-7,13-14H,4-5,8-11H2/t13-,14-/m0/s1. The van der Waals surface area contributed by atoms with Crippen molar-refractivity contribution in [3.05, 3.63) is 30.3 Å². The second-order valence-corrected chi connectivity index (χ2v) is 7.08. The smallest absolute Gasteiger partial charge is 0.243 e. The summed E-state index contributed by atoms with van der Waals surface area (Å²) in [5.41, 5.74) is 0. The molecule has 4 nitrogen and oxygen atoms in total. The maximum Gasteiger partial charge on any atom is 0.243 e. The first-order chi connectivity index (χ1) is 9.19. The van der Waals surface area contributed by atoms with Gasteiger partial charge in [-0.15, -0.1) is 0 Å². The van der Waals surface area contributed by atoms with Gasteiger partial charge in [0.05, 0.1) is 23.6 Å². The van der Waals surface area contributed by atoms with E-state index in [9.17, 15) is 8.42 Å². The van der Waals surface area contributed by atoms with Crippen molar-refractivity contribution in [2.75, 3.05) is 13.2 Å². The summed E-state index contributed by atoms with van der Waals surface area (Å²) in [5, 5.41) is 0. The summed E-state index contributed by atoms with van der Waals surface area (Å²) in [6.45, 7) is 0.978. The van der Waals surface area contributed by atoms with Crippen molar-refractivity contribution in [2.24, 2.45) is 0 Å². The maximum absolute atomic E-state index is 12.7. The van der Waals surface area contributed by atoms with Gasteiger partial charge in [0, 0.05) is 6.54 Å². The summed E-state index contributed by atoms with van der Waals surface area (Å²) >= 11 is 0. The van der Waals surface area contributed by atoms with E-state index in [1.54, 1.807) is 28.6 Å². The average molecular weight is 281 g/mol. The van der Waals surface area contributed by atoms with Crippen LogP contribution in [-0.4, -0.2) is 38.0 Å². The van der Waals surface area contributed by atoms with Crippen molar-refractivity contribution in [3.63, 3.8) is 0 Å². The Morgan fingerprint density at radius 3 is 2.63 bits per heavy atom. The summed E-state index contributed by atoms with van der Waals surface area (Å²) in [4.78, 5) is 0.390. The molecule has 0 amide bonds. The number of fused-ring (bicyclic) bond motifs is 1. The molecule has 0 spiro atoms. The van der Waals surface area contributed by atoms with Crippen LogP contribution in [0, 0.1) is 0 Å². The van der Waals surface area contributed by atoms with Gasteiger partial charge < -0.3 is 4.74 Å². The Balaban J connectivity index is 1.91. The lowest BCUT2D eigenvalue weighted by Gasteiger charge is -2.42. The molecule has 104 valence electrons. The lowest BCUT2D eigenvalue weighted by molar-refractivity contribution is -0.0586. The first-order valence-corrected chi connectivity index (χ1v) is 8.32. The molecule has 1 saturated heterocycles. The van der Waals surface area contributed by atoms with Crippen molar-refractivity contribution in [1.29, 1.82) is 0 Å². The van der Waals surface area contributed by atoms with E-state index in [-0.39, 0.29) is 12.1 Å². The molecule has 1 aliphatic carbocycles. The summed E-state index contributed by atoms with van der Waals surface area (Å²) in [6.07, 6.45) is 4.20. The minimum Gasteiger partial charge on any atom is -0.375 e. The molecule has 0 radical (unpaired) electrons. The number of hydrogen-bond donors (Lipinski definition) is 0. The van der Waals surface area contributed by atoms with Crippen molar-refractivity contribution >= 4 is 10.0 Å². The number of hydrogen-bond acceptors (Lipinski definition) is 3. The van der Waals surface area contributed by atoms with Gasteiger partial charge in [-0.05, 0) is 25.0 Å². The zero-order chi connectivity index (χ0) is 13.3. The monoisotopic (exact) mass is 281 g/mol. The van der Waals surface area contributed by atoms with Crippen LogP contribution in [0.25, 0.3) is 0 Å². The van der Waals surface area contributed by atoms with Crippen LogP contribution in [0.4, 0.5) is 0 Å². The van der Waals surface area contributed by atoms with Crippen LogP contribution in [0.5, 0.6) is 0 Å². The summed E-state index contributed by atoms with van der Waals surface area (Å²) < 4.78 is 32.8. The third kappa shape index (κ3) is 2.42. The molecule has 0 N–H and O–H groups in total.